The Balaban J connectivity index is 2.77. The number of Topliss-reactive ketones (excluding diaryl/α,β-unsaturated/α-hetero) is 1. The maximum absolute atomic E-state index is 10.9. The van der Waals surface area contributed by atoms with Gasteiger partial charge in [0.1, 0.15) is 11.6 Å². The smallest absolute Gasteiger partial charge is 0.253 e. The number of thioether (sulfide) groups is 1. The highest BCUT2D eigenvalue weighted by Crippen LogP contribution is 2.10. The third-order valence-electron chi connectivity index (χ3n) is 1.15. The van der Waals surface area contributed by atoms with Gasteiger partial charge in [0.05, 0.1) is 5.75 Å². The van der Waals surface area contributed by atoms with Crippen molar-refractivity contribution in [1.82, 2.24) is 9.97 Å². The first-order valence-corrected chi connectivity index (χ1v) is 4.55. The lowest BCUT2D eigenvalue weighted by Crippen LogP contribution is -2.10. The van der Waals surface area contributed by atoms with E-state index in [0.717, 1.165) is 11.8 Å². The van der Waals surface area contributed by atoms with E-state index in [-0.39, 0.29) is 22.9 Å². The van der Waals surface area contributed by atoms with Crippen LogP contribution in [0.1, 0.15) is 6.92 Å². The number of H-pyrrole nitrogens is 1. The summed E-state index contributed by atoms with van der Waals surface area (Å²) >= 11 is 1.16. The van der Waals surface area contributed by atoms with Crippen LogP contribution in [-0.4, -0.2) is 21.5 Å². The number of hydrogen-bond donors (Lipinski definition) is 2. The lowest BCUT2D eigenvalue weighted by Gasteiger charge is -1.98. The summed E-state index contributed by atoms with van der Waals surface area (Å²) < 4.78 is 0. The number of carbonyl (C=O) groups is 1. The minimum atomic E-state index is -0.307. The highest BCUT2D eigenvalue weighted by Gasteiger charge is 2.00. The van der Waals surface area contributed by atoms with Crippen molar-refractivity contribution < 1.29 is 4.79 Å². The molecule has 0 aromatic carbocycles. The van der Waals surface area contributed by atoms with Gasteiger partial charge in [0.15, 0.2) is 5.16 Å². The number of aromatic amines is 1. The Morgan fingerprint density at radius 3 is 3.00 bits per heavy atom. The monoisotopic (exact) mass is 199 g/mol. The fourth-order valence-electron chi connectivity index (χ4n) is 0.692. The SMILES string of the molecule is CC(=O)CSc1nc(N)cc(=O)[nH]1. The van der Waals surface area contributed by atoms with Crippen LogP contribution in [0.15, 0.2) is 16.0 Å². The van der Waals surface area contributed by atoms with Crippen molar-refractivity contribution in [3.8, 4) is 0 Å². The minimum Gasteiger partial charge on any atom is -0.383 e. The molecule has 5 nitrogen and oxygen atoms in total. The number of nitrogen functional groups attached to an aromatic ring is 1. The number of nitrogens with one attached hydrogen (secondary N) is 1. The van der Waals surface area contributed by atoms with Crippen LogP contribution in [0.5, 0.6) is 0 Å². The molecule has 3 N–H and O–H groups in total. The second kappa shape index (κ2) is 4.08. The number of hydrogen-bond acceptors (Lipinski definition) is 5. The standard InChI is InChI=1S/C7H9N3O2S/c1-4(11)3-13-7-9-5(8)2-6(12)10-7/h2H,3H2,1H3,(H3,8,9,10,12). The molecule has 1 rings (SSSR count). The van der Waals surface area contributed by atoms with Gasteiger partial charge in [0, 0.05) is 6.07 Å². The summed E-state index contributed by atoms with van der Waals surface area (Å²) in [4.78, 5) is 27.8. The number of nitrogens with two attached hydrogens (primary N) is 1. The Labute approximate surface area is 78.8 Å². The Kier molecular flexibility index (Phi) is 3.07. The molecule has 0 unspecified atom stereocenters. The van der Waals surface area contributed by atoms with Crippen LogP contribution in [0.3, 0.4) is 0 Å². The predicted molar refractivity (Wildman–Crippen MR) is 50.7 cm³/mol. The molecule has 0 aliphatic rings. The van der Waals surface area contributed by atoms with E-state index in [1.165, 1.54) is 13.0 Å². The summed E-state index contributed by atoms with van der Waals surface area (Å²) in [5, 5.41) is 0.375. The molecule has 70 valence electrons. The summed E-state index contributed by atoms with van der Waals surface area (Å²) in [5.74, 6) is 0.469. The summed E-state index contributed by atoms with van der Waals surface area (Å²) in [7, 11) is 0. The van der Waals surface area contributed by atoms with Gasteiger partial charge in [0.25, 0.3) is 5.56 Å². The fourth-order valence-corrected chi connectivity index (χ4v) is 1.37. The summed E-state index contributed by atoms with van der Waals surface area (Å²) in [6.45, 7) is 1.47. The second-order valence-electron chi connectivity index (χ2n) is 2.47. The maximum atomic E-state index is 10.9. The average Bonchev–Trinajstić information content (AvgIpc) is 1.99. The predicted octanol–water partition coefficient (Wildman–Crippen LogP) is 0.0332. The zero-order valence-electron chi connectivity index (χ0n) is 7.03. The first-order valence-electron chi connectivity index (χ1n) is 3.57. The number of ketones is 1. The van der Waals surface area contributed by atoms with Gasteiger partial charge in [-0.25, -0.2) is 4.98 Å². The molecule has 0 amide bonds. The summed E-state index contributed by atoms with van der Waals surface area (Å²) in [6, 6.07) is 1.19. The molecular formula is C7H9N3O2S. The highest BCUT2D eigenvalue weighted by atomic mass is 32.2. The molecule has 1 aromatic heterocycles. The molecule has 0 aliphatic heterocycles. The first-order chi connectivity index (χ1) is 6.08. The van der Waals surface area contributed by atoms with Crippen LogP contribution in [0.2, 0.25) is 0 Å². The van der Waals surface area contributed by atoms with E-state index in [4.69, 9.17) is 5.73 Å². The lowest BCUT2D eigenvalue weighted by molar-refractivity contribution is -0.114. The Morgan fingerprint density at radius 1 is 1.77 bits per heavy atom. The fraction of sp³-hybridized carbons (Fsp3) is 0.286. The number of anilines is 1. The van der Waals surface area contributed by atoms with Crippen molar-refractivity contribution in [3.05, 3.63) is 16.4 Å². The molecule has 0 saturated carbocycles. The topological polar surface area (TPSA) is 88.8 Å². The van der Waals surface area contributed by atoms with E-state index in [2.05, 4.69) is 9.97 Å². The van der Waals surface area contributed by atoms with Crippen LogP contribution < -0.4 is 11.3 Å². The molecule has 6 heteroatoms. The van der Waals surface area contributed by atoms with Gasteiger partial charge in [-0.15, -0.1) is 0 Å². The molecule has 0 radical (unpaired) electrons. The third kappa shape index (κ3) is 3.29. The molecule has 0 fully saturated rings. The van der Waals surface area contributed by atoms with Crippen molar-refractivity contribution in [2.75, 3.05) is 11.5 Å². The Hall–Kier alpha value is -1.30. The van der Waals surface area contributed by atoms with E-state index in [1.807, 2.05) is 0 Å². The first kappa shape index (κ1) is 9.79. The zero-order chi connectivity index (χ0) is 9.84. The molecular weight excluding hydrogens is 190 g/mol. The van der Waals surface area contributed by atoms with Gasteiger partial charge in [-0.3, -0.25) is 9.59 Å². The van der Waals surface area contributed by atoms with Gasteiger partial charge < -0.3 is 10.7 Å². The number of rotatable bonds is 3. The molecule has 13 heavy (non-hydrogen) atoms. The molecule has 1 aromatic rings. The van der Waals surface area contributed by atoms with Crippen molar-refractivity contribution in [3.63, 3.8) is 0 Å². The van der Waals surface area contributed by atoms with Gasteiger partial charge >= 0.3 is 0 Å². The minimum absolute atomic E-state index is 0.0232. The number of aromatic nitrogens is 2. The van der Waals surface area contributed by atoms with Crippen molar-refractivity contribution in [2.24, 2.45) is 0 Å². The summed E-state index contributed by atoms with van der Waals surface area (Å²) in [6.07, 6.45) is 0. The molecule has 0 bridgehead atoms. The second-order valence-corrected chi connectivity index (χ2v) is 3.43. The van der Waals surface area contributed by atoms with Gasteiger partial charge in [-0.2, -0.15) is 0 Å². The Morgan fingerprint density at radius 2 is 2.46 bits per heavy atom. The number of carbonyl (C=O) groups excluding carboxylic acids is 1. The van der Waals surface area contributed by atoms with Crippen molar-refractivity contribution in [1.29, 1.82) is 0 Å². The van der Waals surface area contributed by atoms with Gasteiger partial charge in [-0.1, -0.05) is 11.8 Å². The average molecular weight is 199 g/mol. The van der Waals surface area contributed by atoms with Crippen LogP contribution in [0.4, 0.5) is 5.82 Å². The Bertz CT molecular complexity index is 374. The van der Waals surface area contributed by atoms with Crippen molar-refractivity contribution in [2.45, 2.75) is 12.1 Å². The van der Waals surface area contributed by atoms with Gasteiger partial charge in [-0.05, 0) is 6.92 Å². The van der Waals surface area contributed by atoms with E-state index < -0.39 is 0 Å². The van der Waals surface area contributed by atoms with Crippen LogP contribution >= 0.6 is 11.8 Å². The van der Waals surface area contributed by atoms with E-state index in [9.17, 15) is 9.59 Å². The largest absolute Gasteiger partial charge is 0.383 e. The molecule has 0 atom stereocenters. The molecule has 0 aliphatic carbocycles. The van der Waals surface area contributed by atoms with Gasteiger partial charge in [0.2, 0.25) is 0 Å². The van der Waals surface area contributed by atoms with E-state index in [1.54, 1.807) is 0 Å². The molecule has 0 spiro atoms. The molecule has 1 heterocycles. The van der Waals surface area contributed by atoms with Crippen LogP contribution in [-0.2, 0) is 4.79 Å². The maximum Gasteiger partial charge on any atom is 0.253 e. The lowest BCUT2D eigenvalue weighted by atomic mass is 10.5. The quantitative estimate of drug-likeness (QED) is 0.529. The summed E-state index contributed by atoms with van der Waals surface area (Å²) in [5.41, 5.74) is 5.03. The van der Waals surface area contributed by atoms with Crippen molar-refractivity contribution >= 4 is 23.4 Å². The molecule has 0 saturated heterocycles. The zero-order valence-corrected chi connectivity index (χ0v) is 7.85. The highest BCUT2D eigenvalue weighted by molar-refractivity contribution is 7.99. The normalized spacial score (nSPS) is 9.92. The van der Waals surface area contributed by atoms with Crippen LogP contribution in [0.25, 0.3) is 0 Å². The number of nitrogens with zero attached hydrogens (tertiary/aromatic N) is 1. The van der Waals surface area contributed by atoms with E-state index >= 15 is 0 Å². The third-order valence-corrected chi connectivity index (χ3v) is 2.17. The van der Waals surface area contributed by atoms with Crippen LogP contribution in [0, 0.1) is 0 Å². The van der Waals surface area contributed by atoms with E-state index in [0.29, 0.717) is 5.16 Å².